The average molecular weight is 250 g/mol. The van der Waals surface area contributed by atoms with Gasteiger partial charge in [-0.05, 0) is 44.8 Å². The Balaban J connectivity index is 1.94. The molecule has 1 fully saturated rings. The van der Waals surface area contributed by atoms with Crippen molar-refractivity contribution in [1.82, 2.24) is 10.6 Å². The van der Waals surface area contributed by atoms with E-state index in [1.165, 1.54) is 12.8 Å². The molecule has 2 atom stereocenters. The van der Waals surface area contributed by atoms with E-state index >= 15 is 0 Å². The van der Waals surface area contributed by atoms with Crippen LogP contribution >= 0.6 is 0 Å². The van der Waals surface area contributed by atoms with Crippen molar-refractivity contribution in [2.45, 2.75) is 39.2 Å². The van der Waals surface area contributed by atoms with E-state index in [0.717, 1.165) is 25.3 Å². The predicted molar refractivity (Wildman–Crippen MR) is 70.6 cm³/mol. The summed E-state index contributed by atoms with van der Waals surface area (Å²) in [7, 11) is 0. The maximum absolute atomic E-state index is 12.1. The van der Waals surface area contributed by atoms with E-state index in [0.29, 0.717) is 11.5 Å². The smallest absolute Gasteiger partial charge is 0.255 e. The number of hydrogen-bond acceptors (Lipinski definition) is 3. The lowest BCUT2D eigenvalue weighted by Gasteiger charge is -2.28. The van der Waals surface area contributed by atoms with Crippen molar-refractivity contribution in [2.24, 2.45) is 5.92 Å². The topological polar surface area (TPSA) is 54.3 Å². The average Bonchev–Trinajstić information content (AvgIpc) is 2.88. The zero-order chi connectivity index (χ0) is 13.0. The fraction of sp³-hybridized carbons (Fsp3) is 0.643. The second-order valence-corrected chi connectivity index (χ2v) is 4.98. The summed E-state index contributed by atoms with van der Waals surface area (Å²) in [4.78, 5) is 12.1. The molecule has 1 aromatic heterocycles. The van der Waals surface area contributed by atoms with Gasteiger partial charge in [0.2, 0.25) is 0 Å². The van der Waals surface area contributed by atoms with E-state index in [1.807, 2.05) is 6.92 Å². The van der Waals surface area contributed by atoms with Gasteiger partial charge >= 0.3 is 0 Å². The largest absolute Gasteiger partial charge is 0.469 e. The third-order valence-electron chi connectivity index (χ3n) is 3.71. The van der Waals surface area contributed by atoms with Gasteiger partial charge in [0.05, 0.1) is 11.8 Å². The van der Waals surface area contributed by atoms with Crippen molar-refractivity contribution in [1.29, 1.82) is 0 Å². The Hall–Kier alpha value is -1.29. The highest BCUT2D eigenvalue weighted by Gasteiger charge is 2.23. The molecule has 4 nitrogen and oxygen atoms in total. The summed E-state index contributed by atoms with van der Waals surface area (Å²) < 4.78 is 5.29. The molecule has 1 aromatic rings. The van der Waals surface area contributed by atoms with Crippen LogP contribution in [-0.2, 0) is 6.42 Å². The lowest BCUT2D eigenvalue weighted by Crippen LogP contribution is -2.44. The highest BCUT2D eigenvalue weighted by molar-refractivity contribution is 5.95. The number of amides is 1. The SMILES string of the molecule is CCc1occc1C(=O)NC(C)C1CCCNC1. The molecule has 1 aliphatic rings. The highest BCUT2D eigenvalue weighted by atomic mass is 16.3. The Labute approximate surface area is 108 Å². The van der Waals surface area contributed by atoms with Crippen LogP contribution in [0.4, 0.5) is 0 Å². The summed E-state index contributed by atoms with van der Waals surface area (Å²) in [6.45, 7) is 6.16. The molecule has 2 rings (SSSR count). The van der Waals surface area contributed by atoms with Gasteiger partial charge in [0.1, 0.15) is 5.76 Å². The molecule has 1 aliphatic heterocycles. The zero-order valence-corrected chi connectivity index (χ0v) is 11.2. The Morgan fingerprint density at radius 3 is 3.17 bits per heavy atom. The monoisotopic (exact) mass is 250 g/mol. The zero-order valence-electron chi connectivity index (χ0n) is 11.2. The molecule has 0 saturated carbocycles. The number of rotatable bonds is 4. The van der Waals surface area contributed by atoms with Gasteiger partial charge in [0.25, 0.3) is 5.91 Å². The number of carbonyl (C=O) groups is 1. The van der Waals surface area contributed by atoms with Crippen molar-refractivity contribution in [3.63, 3.8) is 0 Å². The van der Waals surface area contributed by atoms with Crippen LogP contribution < -0.4 is 10.6 Å². The van der Waals surface area contributed by atoms with Gasteiger partial charge in [-0.3, -0.25) is 4.79 Å². The van der Waals surface area contributed by atoms with Crippen LogP contribution in [0.5, 0.6) is 0 Å². The van der Waals surface area contributed by atoms with Crippen molar-refractivity contribution >= 4 is 5.91 Å². The summed E-state index contributed by atoms with van der Waals surface area (Å²) >= 11 is 0. The Morgan fingerprint density at radius 2 is 2.50 bits per heavy atom. The van der Waals surface area contributed by atoms with E-state index in [4.69, 9.17) is 4.42 Å². The summed E-state index contributed by atoms with van der Waals surface area (Å²) in [6.07, 6.45) is 4.70. The highest BCUT2D eigenvalue weighted by Crippen LogP contribution is 2.16. The maximum Gasteiger partial charge on any atom is 0.255 e. The van der Waals surface area contributed by atoms with Crippen LogP contribution in [0.25, 0.3) is 0 Å². The molecule has 0 spiro atoms. The standard InChI is InChI=1S/C14H22N2O2/c1-3-13-12(6-8-18-13)14(17)16-10(2)11-5-4-7-15-9-11/h6,8,10-11,15H,3-5,7,9H2,1-2H3,(H,16,17). The minimum absolute atomic E-state index is 0.0151. The van der Waals surface area contributed by atoms with Gasteiger partial charge in [-0.1, -0.05) is 6.92 Å². The minimum Gasteiger partial charge on any atom is -0.469 e. The lowest BCUT2D eigenvalue weighted by atomic mass is 9.92. The fourth-order valence-electron chi connectivity index (χ4n) is 2.52. The van der Waals surface area contributed by atoms with E-state index in [1.54, 1.807) is 12.3 Å². The van der Waals surface area contributed by atoms with Gasteiger partial charge in [-0.2, -0.15) is 0 Å². The Morgan fingerprint density at radius 1 is 1.67 bits per heavy atom. The van der Waals surface area contributed by atoms with Gasteiger partial charge in [-0.25, -0.2) is 0 Å². The third kappa shape index (κ3) is 2.93. The van der Waals surface area contributed by atoms with E-state index in [-0.39, 0.29) is 11.9 Å². The Kier molecular flexibility index (Phi) is 4.42. The molecule has 1 saturated heterocycles. The molecule has 18 heavy (non-hydrogen) atoms. The number of furan rings is 1. The third-order valence-corrected chi connectivity index (χ3v) is 3.71. The van der Waals surface area contributed by atoms with Crippen molar-refractivity contribution in [2.75, 3.05) is 13.1 Å². The Bertz CT molecular complexity index is 394. The minimum atomic E-state index is -0.0151. The molecular weight excluding hydrogens is 228 g/mol. The molecule has 4 heteroatoms. The van der Waals surface area contributed by atoms with Crippen LogP contribution in [0.3, 0.4) is 0 Å². The molecule has 0 aliphatic carbocycles. The molecule has 0 bridgehead atoms. The first-order chi connectivity index (χ1) is 8.72. The number of aryl methyl sites for hydroxylation is 1. The van der Waals surface area contributed by atoms with Crippen molar-refractivity contribution in [3.05, 3.63) is 23.7 Å². The van der Waals surface area contributed by atoms with Gasteiger partial charge in [-0.15, -0.1) is 0 Å². The summed E-state index contributed by atoms with van der Waals surface area (Å²) in [6, 6.07) is 1.95. The van der Waals surface area contributed by atoms with Crippen LogP contribution in [0.2, 0.25) is 0 Å². The molecular formula is C14H22N2O2. The van der Waals surface area contributed by atoms with Gasteiger partial charge in [0, 0.05) is 12.5 Å². The number of hydrogen-bond donors (Lipinski definition) is 2. The molecule has 2 N–H and O–H groups in total. The van der Waals surface area contributed by atoms with Crippen LogP contribution in [-0.4, -0.2) is 25.0 Å². The van der Waals surface area contributed by atoms with E-state index in [2.05, 4.69) is 17.6 Å². The predicted octanol–water partition coefficient (Wildman–Crippen LogP) is 1.96. The second kappa shape index (κ2) is 6.05. The summed E-state index contributed by atoms with van der Waals surface area (Å²) in [5, 5.41) is 6.46. The van der Waals surface area contributed by atoms with Gasteiger partial charge < -0.3 is 15.1 Å². The number of carbonyl (C=O) groups excluding carboxylic acids is 1. The summed E-state index contributed by atoms with van der Waals surface area (Å²) in [5.74, 6) is 1.28. The molecule has 0 aromatic carbocycles. The number of nitrogens with one attached hydrogen (secondary N) is 2. The van der Waals surface area contributed by atoms with Crippen LogP contribution in [0, 0.1) is 5.92 Å². The van der Waals surface area contributed by atoms with Crippen molar-refractivity contribution in [3.8, 4) is 0 Å². The van der Waals surface area contributed by atoms with Crippen LogP contribution in [0.1, 0.15) is 42.8 Å². The van der Waals surface area contributed by atoms with E-state index in [9.17, 15) is 4.79 Å². The first-order valence-electron chi connectivity index (χ1n) is 6.80. The van der Waals surface area contributed by atoms with Crippen molar-refractivity contribution < 1.29 is 9.21 Å². The molecule has 0 radical (unpaired) electrons. The van der Waals surface area contributed by atoms with E-state index < -0.39 is 0 Å². The molecule has 2 heterocycles. The van der Waals surface area contributed by atoms with Gasteiger partial charge in [0.15, 0.2) is 0 Å². The second-order valence-electron chi connectivity index (χ2n) is 4.98. The van der Waals surface area contributed by atoms with Crippen LogP contribution in [0.15, 0.2) is 16.7 Å². The normalized spacial score (nSPS) is 21.6. The number of piperidine rings is 1. The summed E-state index contributed by atoms with van der Waals surface area (Å²) in [5.41, 5.74) is 0.674. The first kappa shape index (κ1) is 13.1. The quantitative estimate of drug-likeness (QED) is 0.859. The first-order valence-corrected chi connectivity index (χ1v) is 6.80. The molecule has 1 amide bonds. The maximum atomic E-state index is 12.1. The fourth-order valence-corrected chi connectivity index (χ4v) is 2.52. The molecule has 100 valence electrons. The lowest BCUT2D eigenvalue weighted by molar-refractivity contribution is 0.0920. The molecule has 2 unspecified atom stereocenters.